The number of aryl methyl sites for hydroxylation is 1. The molecule has 0 aliphatic carbocycles. The predicted octanol–water partition coefficient (Wildman–Crippen LogP) is 0.774. The Kier molecular flexibility index (Phi) is 4.58. The third-order valence-corrected chi connectivity index (χ3v) is 2.80. The quantitative estimate of drug-likeness (QED) is 0.633. The minimum atomic E-state index is 0.444. The molecule has 0 atom stereocenters. The summed E-state index contributed by atoms with van der Waals surface area (Å²) in [5, 5.41) is 0. The number of ether oxygens (including phenoxy) is 1. The number of rotatable bonds is 4. The number of oxazole rings is 1. The van der Waals surface area contributed by atoms with E-state index in [2.05, 4.69) is 16.9 Å². The molecule has 18 heavy (non-hydrogen) atoms. The standard InChI is InChI=1S/C12H20N4O2/c1-2-3-11-14-8-10(18-11)9-15-12(13)16-4-6-17-7-5-16/h8H,2-7,9H2,1H3,(H2,13,15). The van der Waals surface area contributed by atoms with Crippen molar-refractivity contribution < 1.29 is 9.15 Å². The number of aliphatic imine (C=N–C) groups is 1. The molecule has 1 aliphatic rings. The van der Waals surface area contributed by atoms with Crippen LogP contribution in [0.1, 0.15) is 25.0 Å². The summed E-state index contributed by atoms with van der Waals surface area (Å²) in [4.78, 5) is 10.5. The van der Waals surface area contributed by atoms with Crippen LogP contribution in [-0.2, 0) is 17.7 Å². The SMILES string of the molecule is CCCc1ncc(CN=C(N)N2CCOCC2)o1. The maximum absolute atomic E-state index is 5.92. The Bertz CT molecular complexity index is 397. The molecule has 1 aromatic heterocycles. The van der Waals surface area contributed by atoms with Crippen molar-refractivity contribution in [3.63, 3.8) is 0 Å². The molecule has 2 heterocycles. The molecule has 0 aromatic carbocycles. The van der Waals surface area contributed by atoms with Crippen molar-refractivity contribution in [2.24, 2.45) is 10.7 Å². The average Bonchev–Trinajstić information content (AvgIpc) is 2.85. The van der Waals surface area contributed by atoms with Crippen LogP contribution in [0.15, 0.2) is 15.6 Å². The smallest absolute Gasteiger partial charge is 0.194 e. The lowest BCUT2D eigenvalue weighted by Crippen LogP contribution is -2.44. The normalized spacial score (nSPS) is 17.2. The van der Waals surface area contributed by atoms with Crippen LogP contribution in [0, 0.1) is 0 Å². The lowest BCUT2D eigenvalue weighted by molar-refractivity contribution is 0.0674. The first-order valence-corrected chi connectivity index (χ1v) is 6.35. The summed E-state index contributed by atoms with van der Waals surface area (Å²) in [6, 6.07) is 0. The van der Waals surface area contributed by atoms with Crippen LogP contribution in [0.4, 0.5) is 0 Å². The van der Waals surface area contributed by atoms with Gasteiger partial charge >= 0.3 is 0 Å². The molecule has 0 spiro atoms. The van der Waals surface area contributed by atoms with E-state index in [1.165, 1.54) is 0 Å². The molecule has 0 bridgehead atoms. The van der Waals surface area contributed by atoms with E-state index in [1.54, 1.807) is 6.20 Å². The number of aromatic nitrogens is 1. The summed E-state index contributed by atoms with van der Waals surface area (Å²) in [5.74, 6) is 2.08. The van der Waals surface area contributed by atoms with Crippen molar-refractivity contribution in [3.05, 3.63) is 17.8 Å². The van der Waals surface area contributed by atoms with E-state index >= 15 is 0 Å². The van der Waals surface area contributed by atoms with E-state index in [9.17, 15) is 0 Å². The number of nitrogens with two attached hydrogens (primary N) is 1. The van der Waals surface area contributed by atoms with Crippen molar-refractivity contribution in [1.82, 2.24) is 9.88 Å². The molecule has 0 amide bonds. The molecular weight excluding hydrogens is 232 g/mol. The van der Waals surface area contributed by atoms with Crippen LogP contribution in [-0.4, -0.2) is 42.1 Å². The second-order valence-corrected chi connectivity index (χ2v) is 4.24. The zero-order valence-electron chi connectivity index (χ0n) is 10.8. The van der Waals surface area contributed by atoms with Crippen LogP contribution in [0.3, 0.4) is 0 Å². The molecule has 1 saturated heterocycles. The van der Waals surface area contributed by atoms with Crippen LogP contribution < -0.4 is 5.73 Å². The predicted molar refractivity (Wildman–Crippen MR) is 68.2 cm³/mol. The fourth-order valence-electron chi connectivity index (χ4n) is 1.80. The van der Waals surface area contributed by atoms with E-state index in [0.29, 0.717) is 25.7 Å². The number of nitrogens with zero attached hydrogens (tertiary/aromatic N) is 3. The average molecular weight is 252 g/mol. The van der Waals surface area contributed by atoms with Gasteiger partial charge in [-0.3, -0.25) is 0 Å². The van der Waals surface area contributed by atoms with Crippen molar-refractivity contribution in [3.8, 4) is 0 Å². The summed E-state index contributed by atoms with van der Waals surface area (Å²) >= 11 is 0. The molecule has 1 aromatic rings. The summed E-state index contributed by atoms with van der Waals surface area (Å²) in [5.41, 5.74) is 5.92. The molecule has 2 rings (SSSR count). The van der Waals surface area contributed by atoms with Gasteiger partial charge in [0.1, 0.15) is 12.3 Å². The van der Waals surface area contributed by atoms with E-state index in [1.807, 2.05) is 4.90 Å². The fourth-order valence-corrected chi connectivity index (χ4v) is 1.80. The Morgan fingerprint density at radius 2 is 2.28 bits per heavy atom. The lowest BCUT2D eigenvalue weighted by atomic mass is 10.3. The Morgan fingerprint density at radius 3 is 3.00 bits per heavy atom. The minimum absolute atomic E-state index is 0.444. The minimum Gasteiger partial charge on any atom is -0.444 e. The van der Waals surface area contributed by atoms with Gasteiger partial charge in [-0.2, -0.15) is 0 Å². The number of hydrogen-bond donors (Lipinski definition) is 1. The van der Waals surface area contributed by atoms with Gasteiger partial charge in [-0.05, 0) is 6.42 Å². The third-order valence-electron chi connectivity index (χ3n) is 2.80. The second-order valence-electron chi connectivity index (χ2n) is 4.24. The van der Waals surface area contributed by atoms with Crippen LogP contribution in [0.25, 0.3) is 0 Å². The summed E-state index contributed by atoms with van der Waals surface area (Å²) in [6.07, 6.45) is 3.61. The summed E-state index contributed by atoms with van der Waals surface area (Å²) < 4.78 is 10.8. The molecule has 0 unspecified atom stereocenters. The van der Waals surface area contributed by atoms with Gasteiger partial charge in [0.15, 0.2) is 11.9 Å². The van der Waals surface area contributed by atoms with Crippen LogP contribution in [0.2, 0.25) is 0 Å². The zero-order valence-corrected chi connectivity index (χ0v) is 10.8. The topological polar surface area (TPSA) is 76.9 Å². The Morgan fingerprint density at radius 1 is 1.50 bits per heavy atom. The largest absolute Gasteiger partial charge is 0.444 e. The first kappa shape index (κ1) is 12.9. The third kappa shape index (κ3) is 3.46. The molecule has 1 aliphatic heterocycles. The fraction of sp³-hybridized carbons (Fsp3) is 0.667. The van der Waals surface area contributed by atoms with Gasteiger partial charge in [-0.15, -0.1) is 0 Å². The number of morpholine rings is 1. The van der Waals surface area contributed by atoms with Crippen molar-refractivity contribution in [2.75, 3.05) is 26.3 Å². The van der Waals surface area contributed by atoms with Gasteiger partial charge in [-0.1, -0.05) is 6.92 Å². The van der Waals surface area contributed by atoms with Crippen LogP contribution >= 0.6 is 0 Å². The maximum atomic E-state index is 5.92. The molecule has 2 N–H and O–H groups in total. The molecule has 0 saturated carbocycles. The summed E-state index contributed by atoms with van der Waals surface area (Å²) in [7, 11) is 0. The van der Waals surface area contributed by atoms with Gasteiger partial charge < -0.3 is 19.8 Å². The van der Waals surface area contributed by atoms with E-state index < -0.39 is 0 Å². The van der Waals surface area contributed by atoms with Crippen molar-refractivity contribution in [1.29, 1.82) is 0 Å². The van der Waals surface area contributed by atoms with E-state index in [4.69, 9.17) is 14.9 Å². The lowest BCUT2D eigenvalue weighted by Gasteiger charge is -2.27. The molecule has 0 radical (unpaired) electrons. The highest BCUT2D eigenvalue weighted by Crippen LogP contribution is 2.07. The second kappa shape index (κ2) is 6.39. The Balaban J connectivity index is 1.87. The van der Waals surface area contributed by atoms with Gasteiger partial charge in [0.2, 0.25) is 0 Å². The van der Waals surface area contributed by atoms with Gasteiger partial charge in [0.25, 0.3) is 0 Å². The Labute approximate surface area is 107 Å². The van der Waals surface area contributed by atoms with Gasteiger partial charge in [0.05, 0.1) is 19.4 Å². The molecule has 1 fully saturated rings. The number of hydrogen-bond acceptors (Lipinski definition) is 4. The van der Waals surface area contributed by atoms with Crippen LogP contribution in [0.5, 0.6) is 0 Å². The van der Waals surface area contributed by atoms with E-state index in [0.717, 1.165) is 37.6 Å². The van der Waals surface area contributed by atoms with Crippen molar-refractivity contribution >= 4 is 5.96 Å². The highest BCUT2D eigenvalue weighted by Gasteiger charge is 2.12. The molecule has 6 heteroatoms. The monoisotopic (exact) mass is 252 g/mol. The molecule has 100 valence electrons. The van der Waals surface area contributed by atoms with E-state index in [-0.39, 0.29) is 0 Å². The number of guanidine groups is 1. The van der Waals surface area contributed by atoms with Gasteiger partial charge in [0, 0.05) is 19.5 Å². The zero-order chi connectivity index (χ0) is 12.8. The first-order chi connectivity index (χ1) is 8.79. The highest BCUT2D eigenvalue weighted by molar-refractivity contribution is 5.78. The van der Waals surface area contributed by atoms with Crippen molar-refractivity contribution in [2.45, 2.75) is 26.3 Å². The van der Waals surface area contributed by atoms with Gasteiger partial charge in [-0.25, -0.2) is 9.98 Å². The molecule has 6 nitrogen and oxygen atoms in total. The first-order valence-electron chi connectivity index (χ1n) is 6.35. The molecular formula is C12H20N4O2. The summed E-state index contributed by atoms with van der Waals surface area (Å²) in [6.45, 7) is 5.55. The highest BCUT2D eigenvalue weighted by atomic mass is 16.5. The maximum Gasteiger partial charge on any atom is 0.194 e. The Hall–Kier alpha value is -1.56.